The molecule has 1 heterocycles. The fraction of sp³-hybridized carbons (Fsp3) is 0.391. The van der Waals surface area contributed by atoms with E-state index in [0.717, 1.165) is 36.2 Å². The van der Waals surface area contributed by atoms with Gasteiger partial charge in [0.2, 0.25) is 5.91 Å². The predicted molar refractivity (Wildman–Crippen MR) is 109 cm³/mol. The summed E-state index contributed by atoms with van der Waals surface area (Å²) in [7, 11) is 0. The van der Waals surface area contributed by atoms with Gasteiger partial charge in [0, 0.05) is 24.2 Å². The first-order valence-electron chi connectivity index (χ1n) is 9.65. The van der Waals surface area contributed by atoms with Crippen LogP contribution in [0.1, 0.15) is 53.0 Å². The number of rotatable bonds is 5. The Labute approximate surface area is 161 Å². The third-order valence-corrected chi connectivity index (χ3v) is 5.34. The summed E-state index contributed by atoms with van der Waals surface area (Å²) in [6.45, 7) is 8.17. The van der Waals surface area contributed by atoms with Gasteiger partial charge in [-0.05, 0) is 72.6 Å². The van der Waals surface area contributed by atoms with Crippen molar-refractivity contribution in [3.05, 3.63) is 59.2 Å². The van der Waals surface area contributed by atoms with E-state index in [-0.39, 0.29) is 5.91 Å². The molecule has 0 radical (unpaired) electrons. The summed E-state index contributed by atoms with van der Waals surface area (Å²) in [5.74, 6) is 0.958. The number of carbonyl (C=O) groups excluding carboxylic acids is 2. The fourth-order valence-corrected chi connectivity index (χ4v) is 3.94. The molecule has 0 spiro atoms. The Bertz CT molecular complexity index is 840. The van der Waals surface area contributed by atoms with Gasteiger partial charge in [0.1, 0.15) is 0 Å². The summed E-state index contributed by atoms with van der Waals surface area (Å²) in [4.78, 5) is 26.2. The molecular formula is C23H28N2O2. The molecule has 0 bridgehead atoms. The van der Waals surface area contributed by atoms with Gasteiger partial charge in [0.25, 0.3) is 5.91 Å². The molecule has 0 unspecified atom stereocenters. The van der Waals surface area contributed by atoms with Gasteiger partial charge in [0.15, 0.2) is 0 Å². The molecule has 1 atom stereocenters. The van der Waals surface area contributed by atoms with E-state index < -0.39 is 5.91 Å². The molecule has 4 nitrogen and oxygen atoms in total. The number of amides is 2. The number of carbonyl (C=O) groups is 2. The highest BCUT2D eigenvalue weighted by Crippen LogP contribution is 2.27. The van der Waals surface area contributed by atoms with Gasteiger partial charge in [-0.25, -0.2) is 0 Å². The van der Waals surface area contributed by atoms with Crippen LogP contribution < -0.4 is 5.73 Å². The predicted octanol–water partition coefficient (Wildman–Crippen LogP) is 4.27. The maximum absolute atomic E-state index is 12.8. The first kappa shape index (κ1) is 19.2. The molecule has 1 aliphatic heterocycles. The Morgan fingerprint density at radius 2 is 1.78 bits per heavy atom. The van der Waals surface area contributed by atoms with Crippen LogP contribution in [0.2, 0.25) is 0 Å². The zero-order valence-electron chi connectivity index (χ0n) is 16.4. The lowest BCUT2D eigenvalue weighted by atomic mass is 9.96. The highest BCUT2D eigenvalue weighted by molar-refractivity contribution is 5.96. The molecule has 3 rings (SSSR count). The molecule has 0 aromatic heterocycles. The molecule has 2 amide bonds. The number of nitrogens with two attached hydrogens (primary N) is 1. The van der Waals surface area contributed by atoms with Crippen molar-refractivity contribution >= 4 is 11.8 Å². The van der Waals surface area contributed by atoms with Crippen LogP contribution in [0.25, 0.3) is 11.1 Å². The van der Waals surface area contributed by atoms with Gasteiger partial charge in [-0.3, -0.25) is 9.59 Å². The highest BCUT2D eigenvalue weighted by Gasteiger charge is 2.27. The van der Waals surface area contributed by atoms with Gasteiger partial charge < -0.3 is 10.6 Å². The Kier molecular flexibility index (Phi) is 5.64. The SMILES string of the molecule is Cc1ccc(C(N)=O)cc1-c1ccc(C(=O)N2CC[C@H](CC(C)C)C2)cc1. The highest BCUT2D eigenvalue weighted by atomic mass is 16.2. The van der Waals surface area contributed by atoms with Gasteiger partial charge in [-0.15, -0.1) is 0 Å². The van der Waals surface area contributed by atoms with E-state index in [0.29, 0.717) is 23.0 Å². The molecule has 1 saturated heterocycles. The first-order valence-corrected chi connectivity index (χ1v) is 9.65. The van der Waals surface area contributed by atoms with Gasteiger partial charge in [-0.2, -0.15) is 0 Å². The molecule has 2 aromatic rings. The van der Waals surface area contributed by atoms with E-state index in [1.165, 1.54) is 6.42 Å². The number of aryl methyl sites for hydroxylation is 1. The zero-order chi connectivity index (χ0) is 19.6. The molecule has 27 heavy (non-hydrogen) atoms. The summed E-state index contributed by atoms with van der Waals surface area (Å²) in [6, 6.07) is 13.1. The third kappa shape index (κ3) is 4.38. The second-order valence-corrected chi connectivity index (χ2v) is 8.01. The summed E-state index contributed by atoms with van der Waals surface area (Å²) in [5.41, 5.74) is 9.61. The third-order valence-electron chi connectivity index (χ3n) is 5.34. The largest absolute Gasteiger partial charge is 0.366 e. The maximum Gasteiger partial charge on any atom is 0.253 e. The topological polar surface area (TPSA) is 63.4 Å². The first-order chi connectivity index (χ1) is 12.8. The Hall–Kier alpha value is -2.62. The van der Waals surface area contributed by atoms with Crippen molar-refractivity contribution in [2.45, 2.75) is 33.6 Å². The van der Waals surface area contributed by atoms with Crippen LogP contribution >= 0.6 is 0 Å². The minimum absolute atomic E-state index is 0.107. The van der Waals surface area contributed by atoms with E-state index in [2.05, 4.69) is 13.8 Å². The molecular weight excluding hydrogens is 336 g/mol. The quantitative estimate of drug-likeness (QED) is 0.861. The molecule has 2 N–H and O–H groups in total. The van der Waals surface area contributed by atoms with Crippen LogP contribution in [0.4, 0.5) is 0 Å². The maximum atomic E-state index is 12.8. The number of hydrogen-bond acceptors (Lipinski definition) is 2. The smallest absolute Gasteiger partial charge is 0.253 e. The normalized spacial score (nSPS) is 16.7. The minimum atomic E-state index is -0.437. The molecule has 1 fully saturated rings. The van der Waals surface area contributed by atoms with E-state index in [1.807, 2.05) is 48.2 Å². The van der Waals surface area contributed by atoms with Crippen LogP contribution in [0.3, 0.4) is 0 Å². The lowest BCUT2D eigenvalue weighted by molar-refractivity contribution is 0.0785. The second-order valence-electron chi connectivity index (χ2n) is 8.01. The zero-order valence-corrected chi connectivity index (χ0v) is 16.4. The van der Waals surface area contributed by atoms with Crippen molar-refractivity contribution in [2.75, 3.05) is 13.1 Å². The van der Waals surface area contributed by atoms with Gasteiger partial charge in [-0.1, -0.05) is 32.0 Å². The number of likely N-dealkylation sites (tertiary alicyclic amines) is 1. The Balaban J connectivity index is 1.75. The lowest BCUT2D eigenvalue weighted by Crippen LogP contribution is -2.28. The van der Waals surface area contributed by atoms with Crippen molar-refractivity contribution in [1.82, 2.24) is 4.90 Å². The van der Waals surface area contributed by atoms with Crippen molar-refractivity contribution in [1.29, 1.82) is 0 Å². The van der Waals surface area contributed by atoms with Crippen LogP contribution in [0.15, 0.2) is 42.5 Å². The standard InChI is InChI=1S/C23H28N2O2/c1-15(2)12-17-10-11-25(14-17)23(27)19-8-6-18(7-9-19)21-13-20(22(24)26)5-4-16(21)3/h4-9,13,15,17H,10-12,14H2,1-3H3,(H2,24,26)/t17-/m1/s1. The van der Waals surface area contributed by atoms with Crippen LogP contribution in [0, 0.1) is 18.8 Å². The van der Waals surface area contributed by atoms with Crippen molar-refractivity contribution < 1.29 is 9.59 Å². The summed E-state index contributed by atoms with van der Waals surface area (Å²) < 4.78 is 0. The average molecular weight is 364 g/mol. The summed E-state index contributed by atoms with van der Waals surface area (Å²) >= 11 is 0. The van der Waals surface area contributed by atoms with E-state index >= 15 is 0 Å². The molecule has 1 aliphatic rings. The fourth-order valence-electron chi connectivity index (χ4n) is 3.94. The molecule has 0 saturated carbocycles. The number of primary amides is 1. The van der Waals surface area contributed by atoms with Crippen LogP contribution in [-0.2, 0) is 0 Å². The minimum Gasteiger partial charge on any atom is -0.366 e. The Morgan fingerprint density at radius 1 is 1.11 bits per heavy atom. The summed E-state index contributed by atoms with van der Waals surface area (Å²) in [5, 5.41) is 0. The van der Waals surface area contributed by atoms with E-state index in [4.69, 9.17) is 5.73 Å². The van der Waals surface area contributed by atoms with Crippen molar-refractivity contribution in [3.63, 3.8) is 0 Å². The van der Waals surface area contributed by atoms with Crippen LogP contribution in [0.5, 0.6) is 0 Å². The monoisotopic (exact) mass is 364 g/mol. The second kappa shape index (κ2) is 7.95. The van der Waals surface area contributed by atoms with E-state index in [1.54, 1.807) is 6.07 Å². The summed E-state index contributed by atoms with van der Waals surface area (Å²) in [6.07, 6.45) is 2.28. The number of nitrogens with zero attached hydrogens (tertiary/aromatic N) is 1. The van der Waals surface area contributed by atoms with Gasteiger partial charge in [0.05, 0.1) is 0 Å². The number of hydrogen-bond donors (Lipinski definition) is 1. The van der Waals surface area contributed by atoms with Gasteiger partial charge >= 0.3 is 0 Å². The van der Waals surface area contributed by atoms with Crippen molar-refractivity contribution in [3.8, 4) is 11.1 Å². The average Bonchev–Trinajstić information content (AvgIpc) is 3.09. The Morgan fingerprint density at radius 3 is 2.41 bits per heavy atom. The van der Waals surface area contributed by atoms with Crippen molar-refractivity contribution in [2.24, 2.45) is 17.6 Å². The lowest BCUT2D eigenvalue weighted by Gasteiger charge is -2.18. The molecule has 4 heteroatoms. The molecule has 142 valence electrons. The van der Waals surface area contributed by atoms with E-state index in [9.17, 15) is 9.59 Å². The molecule has 0 aliphatic carbocycles. The van der Waals surface area contributed by atoms with Crippen LogP contribution in [-0.4, -0.2) is 29.8 Å². The number of benzene rings is 2. The molecule has 2 aromatic carbocycles.